The number of hydrogen-bond donors (Lipinski definition) is 2. The summed E-state index contributed by atoms with van der Waals surface area (Å²) in [4.78, 5) is 39.0. The molecule has 0 bridgehead atoms. The second kappa shape index (κ2) is 9.52. The molecule has 2 saturated heterocycles. The first kappa shape index (κ1) is 12.4. The number of imide groups is 1. The van der Waals surface area contributed by atoms with Crippen LogP contribution in [0.25, 0.3) is 0 Å². The van der Waals surface area contributed by atoms with Crippen LogP contribution in [0.2, 0.25) is 0 Å². The lowest BCUT2D eigenvalue weighted by molar-refractivity contribution is -0.136. The topological polar surface area (TPSA) is 91.0 Å². The summed E-state index contributed by atoms with van der Waals surface area (Å²) in [6, 6.07) is 6.07. The SMILES string of the molecule is [2H]C1([2H])OC([2H])([2H])C([2H])([2H])N(Cc2ccc(CNc3cccc4c3CN([C@@H]3C(=O)NC(=O)C([2H])([2H])C3([2H])[2H])C4=O)c(F)c2)C1([2H])[2H]. The summed E-state index contributed by atoms with van der Waals surface area (Å²) in [5.41, 5.74) is 0.770. The molecule has 0 saturated carbocycles. The predicted octanol–water partition coefficient (Wildman–Crippen LogP) is 2.03. The van der Waals surface area contributed by atoms with Gasteiger partial charge in [0.05, 0.1) is 18.6 Å². The number of halogens is 1. The van der Waals surface area contributed by atoms with Crippen LogP contribution in [0, 0.1) is 5.82 Å². The Labute approximate surface area is 213 Å². The van der Waals surface area contributed by atoms with E-state index in [1.54, 1.807) is 11.4 Å². The third-order valence-corrected chi connectivity index (χ3v) is 5.51. The van der Waals surface area contributed by atoms with E-state index in [9.17, 15) is 14.4 Å². The first-order valence-electron chi connectivity index (χ1n) is 16.2. The monoisotopic (exact) mass is 478 g/mol. The molecule has 5 rings (SSSR count). The Hall–Kier alpha value is -3.30. The van der Waals surface area contributed by atoms with Crippen LogP contribution in [0.1, 0.15) is 56.2 Å². The van der Waals surface area contributed by atoms with E-state index in [1.165, 1.54) is 24.3 Å². The van der Waals surface area contributed by atoms with Gasteiger partial charge in [-0.2, -0.15) is 0 Å². The van der Waals surface area contributed by atoms with Crippen molar-refractivity contribution in [2.45, 2.75) is 38.4 Å². The van der Waals surface area contributed by atoms with Crippen molar-refractivity contribution in [3.8, 4) is 0 Å². The van der Waals surface area contributed by atoms with Gasteiger partial charge in [0.15, 0.2) is 0 Å². The highest BCUT2D eigenvalue weighted by Crippen LogP contribution is 2.32. The molecule has 0 aliphatic carbocycles. The number of nitrogens with one attached hydrogen (secondary N) is 2. The van der Waals surface area contributed by atoms with Crippen molar-refractivity contribution in [2.75, 3.05) is 31.4 Å². The lowest BCUT2D eigenvalue weighted by atomic mass is 10.0. The van der Waals surface area contributed by atoms with E-state index in [4.69, 9.17) is 16.4 Å². The normalized spacial score (nSPS) is 35.0. The number of rotatable bonds is 6. The number of carbonyl (C=O) groups is 3. The molecule has 0 spiro atoms. The minimum atomic E-state index is -3.25. The zero-order valence-corrected chi connectivity index (χ0v) is 17.6. The molecule has 3 aliphatic rings. The fourth-order valence-electron chi connectivity index (χ4n) is 3.85. The number of fused-ring (bicyclic) bond motifs is 1. The standard InChI is InChI=1S/C25H27FN4O4/c26-20-12-16(14-29-8-10-34-11-9-29)4-5-17(20)13-27-21-3-1-2-18-19(21)15-30(25(18)33)22-6-7-23(31)28-24(22)32/h1-5,12,22,27H,6-11,13-15H2,(H,28,31,32)/t22-/m0/s1/i6D2,7D2,8D2,9D2,10D2,11D2. The maximum Gasteiger partial charge on any atom is 0.255 e. The predicted molar refractivity (Wildman–Crippen MR) is 122 cm³/mol. The van der Waals surface area contributed by atoms with E-state index in [0.717, 1.165) is 11.0 Å². The molecule has 34 heavy (non-hydrogen) atoms. The first-order chi connectivity index (χ1) is 21.0. The van der Waals surface area contributed by atoms with Gasteiger partial charge in [0, 0.05) is 72.3 Å². The molecular formula is C25H27FN4O4. The van der Waals surface area contributed by atoms with Gasteiger partial charge in [-0.05, 0) is 30.1 Å². The van der Waals surface area contributed by atoms with Crippen molar-refractivity contribution >= 4 is 23.4 Å². The molecule has 2 aromatic rings. The third-order valence-electron chi connectivity index (χ3n) is 5.51. The molecule has 178 valence electrons. The molecule has 1 atom stereocenters. The van der Waals surface area contributed by atoms with E-state index in [2.05, 4.69) is 10.1 Å². The smallest absolute Gasteiger partial charge is 0.255 e. The van der Waals surface area contributed by atoms with Gasteiger partial charge >= 0.3 is 0 Å². The summed E-state index contributed by atoms with van der Waals surface area (Å²) in [7, 11) is 0. The largest absolute Gasteiger partial charge is 0.381 e. The third kappa shape index (κ3) is 4.53. The van der Waals surface area contributed by atoms with Crippen molar-refractivity contribution in [3.05, 3.63) is 64.5 Å². The molecule has 2 N–H and O–H groups in total. The molecule has 2 aromatic carbocycles. The van der Waals surface area contributed by atoms with Crippen molar-refractivity contribution < 1.29 is 40.0 Å². The molecule has 2 fully saturated rings. The van der Waals surface area contributed by atoms with E-state index in [-0.39, 0.29) is 29.8 Å². The lowest BCUT2D eigenvalue weighted by Crippen LogP contribution is -2.52. The van der Waals surface area contributed by atoms with E-state index >= 15 is 4.39 Å². The van der Waals surface area contributed by atoms with Gasteiger partial charge < -0.3 is 15.0 Å². The van der Waals surface area contributed by atoms with Crippen molar-refractivity contribution in [1.82, 2.24) is 15.1 Å². The van der Waals surface area contributed by atoms with Crippen LogP contribution in [0.3, 0.4) is 0 Å². The Morgan fingerprint density at radius 1 is 1.18 bits per heavy atom. The van der Waals surface area contributed by atoms with Crippen LogP contribution < -0.4 is 10.6 Å². The lowest BCUT2D eigenvalue weighted by Gasteiger charge is -2.29. The number of amides is 3. The minimum Gasteiger partial charge on any atom is -0.381 e. The van der Waals surface area contributed by atoms with Crippen molar-refractivity contribution in [2.24, 2.45) is 0 Å². The average Bonchev–Trinajstić information content (AvgIpc) is 3.25. The van der Waals surface area contributed by atoms with Gasteiger partial charge in [-0.15, -0.1) is 0 Å². The number of morpholine rings is 1. The second-order valence-corrected chi connectivity index (χ2v) is 7.65. The number of hydrogen-bond acceptors (Lipinski definition) is 6. The highest BCUT2D eigenvalue weighted by Gasteiger charge is 2.39. The summed E-state index contributed by atoms with van der Waals surface area (Å²) in [6.45, 7) is -14.0. The van der Waals surface area contributed by atoms with Gasteiger partial charge in [-0.25, -0.2) is 4.39 Å². The zero-order valence-electron chi connectivity index (χ0n) is 29.6. The van der Waals surface area contributed by atoms with Gasteiger partial charge in [0.25, 0.3) is 5.91 Å². The maximum atomic E-state index is 15.2. The summed E-state index contributed by atoms with van der Waals surface area (Å²) in [5.74, 6) is -4.23. The van der Waals surface area contributed by atoms with Crippen LogP contribution in [0.5, 0.6) is 0 Å². The Kier molecular flexibility index (Phi) is 3.48. The Balaban J connectivity index is 1.35. The number of carbonyl (C=O) groups excluding carboxylic acids is 3. The average molecular weight is 479 g/mol. The molecule has 3 aliphatic heterocycles. The summed E-state index contributed by atoms with van der Waals surface area (Å²) >= 11 is 0. The van der Waals surface area contributed by atoms with Crippen molar-refractivity contribution in [1.29, 1.82) is 0 Å². The number of anilines is 1. The molecule has 0 radical (unpaired) electrons. The maximum absolute atomic E-state index is 15.2. The Morgan fingerprint density at radius 3 is 2.79 bits per heavy atom. The molecule has 9 heteroatoms. The van der Waals surface area contributed by atoms with E-state index in [1.807, 2.05) is 0 Å². The zero-order chi connectivity index (χ0) is 34.4. The van der Waals surface area contributed by atoms with Crippen LogP contribution in [0.15, 0.2) is 36.4 Å². The molecular weight excluding hydrogens is 439 g/mol. The molecule has 0 aromatic heterocycles. The van der Waals surface area contributed by atoms with Crippen LogP contribution in [0.4, 0.5) is 10.1 Å². The Morgan fingerprint density at radius 2 is 2.00 bits per heavy atom. The summed E-state index contributed by atoms with van der Waals surface area (Å²) in [5, 5.41) is 4.74. The van der Waals surface area contributed by atoms with E-state index < -0.39 is 75.0 Å². The van der Waals surface area contributed by atoms with E-state index in [0.29, 0.717) is 16.2 Å². The van der Waals surface area contributed by atoms with Gasteiger partial charge in [0.1, 0.15) is 11.9 Å². The number of benzene rings is 2. The van der Waals surface area contributed by atoms with Crippen LogP contribution >= 0.6 is 0 Å². The minimum absolute atomic E-state index is 0.00251. The van der Waals surface area contributed by atoms with Crippen LogP contribution in [-0.4, -0.2) is 59.7 Å². The van der Waals surface area contributed by atoms with Gasteiger partial charge in [-0.1, -0.05) is 18.2 Å². The highest BCUT2D eigenvalue weighted by molar-refractivity contribution is 6.06. The molecule has 3 amide bonds. The van der Waals surface area contributed by atoms with Gasteiger partial charge in [0.2, 0.25) is 11.8 Å². The molecule has 0 unspecified atom stereocenters. The number of ether oxygens (including phenoxy) is 1. The summed E-state index contributed by atoms with van der Waals surface area (Å²) in [6.07, 6.45) is -6.18. The number of nitrogens with zero attached hydrogens (tertiary/aromatic N) is 2. The van der Waals surface area contributed by atoms with Crippen molar-refractivity contribution in [3.63, 3.8) is 0 Å². The number of piperidine rings is 1. The highest BCUT2D eigenvalue weighted by atomic mass is 19.1. The second-order valence-electron chi connectivity index (χ2n) is 7.65. The first-order valence-corrected chi connectivity index (χ1v) is 10.2. The van der Waals surface area contributed by atoms with Crippen LogP contribution in [-0.2, 0) is 34.0 Å². The quantitative estimate of drug-likeness (QED) is 0.618. The summed E-state index contributed by atoms with van der Waals surface area (Å²) < 4.78 is 116. The Bertz CT molecular complexity index is 1610. The fourth-order valence-corrected chi connectivity index (χ4v) is 3.85. The van der Waals surface area contributed by atoms with Gasteiger partial charge in [-0.3, -0.25) is 24.6 Å². The molecule has 8 nitrogen and oxygen atoms in total. The fraction of sp³-hybridized carbons (Fsp3) is 0.400. The molecule has 3 heterocycles.